The highest BCUT2D eigenvalue weighted by Gasteiger charge is 2.25. The van der Waals surface area contributed by atoms with Gasteiger partial charge in [0.25, 0.3) is 5.91 Å². The first kappa shape index (κ1) is 15.7. The second kappa shape index (κ2) is 5.97. The van der Waals surface area contributed by atoms with Crippen molar-refractivity contribution >= 4 is 51.6 Å². The lowest BCUT2D eigenvalue weighted by molar-refractivity contribution is 0.0697. The number of aromatic nitrogens is 2. The standard InChI is InChI=1S/C12H9Cl2N3O3S/c1-5-8(12(19)20)11(21-16-5)17(2)10(18)6-3-7(13)9(14)15-4-6/h3-4H,1-2H3,(H,19,20). The van der Waals surface area contributed by atoms with E-state index in [4.69, 9.17) is 23.2 Å². The Balaban J connectivity index is 2.40. The van der Waals surface area contributed by atoms with Crippen molar-refractivity contribution in [1.82, 2.24) is 9.36 Å². The van der Waals surface area contributed by atoms with Gasteiger partial charge in [-0.2, -0.15) is 4.37 Å². The normalized spacial score (nSPS) is 10.5. The monoisotopic (exact) mass is 345 g/mol. The van der Waals surface area contributed by atoms with Crippen molar-refractivity contribution < 1.29 is 14.7 Å². The molecule has 0 aromatic carbocycles. The number of halogens is 2. The minimum Gasteiger partial charge on any atom is -0.478 e. The number of carboxylic acid groups (broad SMARTS) is 1. The summed E-state index contributed by atoms with van der Waals surface area (Å²) in [5.41, 5.74) is 0.563. The van der Waals surface area contributed by atoms with Gasteiger partial charge >= 0.3 is 5.97 Å². The van der Waals surface area contributed by atoms with Crippen molar-refractivity contribution in [1.29, 1.82) is 0 Å². The van der Waals surface area contributed by atoms with Crippen LogP contribution in [-0.2, 0) is 0 Å². The van der Waals surface area contributed by atoms with Gasteiger partial charge in [0.2, 0.25) is 0 Å². The molecule has 0 saturated carbocycles. The third-order valence-electron chi connectivity index (χ3n) is 2.71. The number of carbonyl (C=O) groups is 2. The Morgan fingerprint density at radius 1 is 1.38 bits per heavy atom. The number of anilines is 1. The molecule has 2 rings (SSSR count). The number of pyridine rings is 1. The number of hydrogen-bond donors (Lipinski definition) is 1. The molecule has 110 valence electrons. The molecule has 0 unspecified atom stereocenters. The van der Waals surface area contributed by atoms with E-state index < -0.39 is 11.9 Å². The summed E-state index contributed by atoms with van der Waals surface area (Å²) in [5, 5.41) is 9.68. The van der Waals surface area contributed by atoms with Gasteiger partial charge in [0, 0.05) is 13.2 Å². The summed E-state index contributed by atoms with van der Waals surface area (Å²) in [4.78, 5) is 28.6. The van der Waals surface area contributed by atoms with Crippen LogP contribution < -0.4 is 4.90 Å². The van der Waals surface area contributed by atoms with E-state index in [9.17, 15) is 14.7 Å². The van der Waals surface area contributed by atoms with Gasteiger partial charge in [-0.15, -0.1) is 0 Å². The molecule has 0 spiro atoms. The molecule has 9 heteroatoms. The van der Waals surface area contributed by atoms with E-state index in [1.54, 1.807) is 6.92 Å². The molecule has 2 aromatic rings. The number of aryl methyl sites for hydroxylation is 1. The summed E-state index contributed by atoms with van der Waals surface area (Å²) >= 11 is 12.5. The van der Waals surface area contributed by atoms with Crippen molar-refractivity contribution in [2.45, 2.75) is 6.92 Å². The lowest BCUT2D eigenvalue weighted by Gasteiger charge is -2.15. The second-order valence-electron chi connectivity index (χ2n) is 4.11. The molecular weight excluding hydrogens is 337 g/mol. The minimum absolute atomic E-state index is 0.00358. The fourth-order valence-electron chi connectivity index (χ4n) is 1.66. The number of aromatic carboxylic acids is 1. The van der Waals surface area contributed by atoms with Crippen LogP contribution in [0.1, 0.15) is 26.4 Å². The maximum Gasteiger partial charge on any atom is 0.340 e. The van der Waals surface area contributed by atoms with Crippen LogP contribution >= 0.6 is 34.7 Å². The van der Waals surface area contributed by atoms with Crippen LogP contribution in [0.4, 0.5) is 5.00 Å². The van der Waals surface area contributed by atoms with Crippen LogP contribution in [0.2, 0.25) is 10.2 Å². The SMILES string of the molecule is Cc1nsc(N(C)C(=O)c2cnc(Cl)c(Cl)c2)c1C(=O)O. The molecule has 0 atom stereocenters. The van der Waals surface area contributed by atoms with Gasteiger partial charge in [-0.25, -0.2) is 9.78 Å². The zero-order chi connectivity index (χ0) is 15.7. The molecule has 0 bridgehead atoms. The number of amides is 1. The first-order valence-electron chi connectivity index (χ1n) is 5.61. The first-order valence-corrected chi connectivity index (χ1v) is 7.14. The Morgan fingerprint density at radius 2 is 2.05 bits per heavy atom. The molecule has 0 aliphatic carbocycles. The molecular formula is C12H9Cl2N3O3S. The fourth-order valence-corrected chi connectivity index (χ4v) is 2.77. The van der Waals surface area contributed by atoms with E-state index >= 15 is 0 Å². The maximum absolute atomic E-state index is 12.4. The summed E-state index contributed by atoms with van der Waals surface area (Å²) in [5.74, 6) is -1.59. The average Bonchev–Trinajstić information content (AvgIpc) is 2.82. The summed E-state index contributed by atoms with van der Waals surface area (Å²) in [7, 11) is 1.46. The van der Waals surface area contributed by atoms with Gasteiger partial charge in [0.1, 0.15) is 15.7 Å². The van der Waals surface area contributed by atoms with Crippen molar-refractivity contribution in [3.63, 3.8) is 0 Å². The van der Waals surface area contributed by atoms with Crippen LogP contribution in [-0.4, -0.2) is 33.4 Å². The van der Waals surface area contributed by atoms with Crippen LogP contribution in [0.25, 0.3) is 0 Å². The third kappa shape index (κ3) is 2.99. The molecule has 21 heavy (non-hydrogen) atoms. The summed E-state index contributed by atoms with van der Waals surface area (Å²) in [6, 6.07) is 1.38. The minimum atomic E-state index is -1.14. The second-order valence-corrected chi connectivity index (χ2v) is 5.63. The largest absolute Gasteiger partial charge is 0.478 e. The van der Waals surface area contributed by atoms with E-state index in [-0.39, 0.29) is 26.3 Å². The van der Waals surface area contributed by atoms with Gasteiger partial charge in [0.15, 0.2) is 0 Å². The summed E-state index contributed by atoms with van der Waals surface area (Å²) < 4.78 is 3.97. The van der Waals surface area contributed by atoms with Crippen LogP contribution in [0.15, 0.2) is 12.3 Å². The van der Waals surface area contributed by atoms with Crippen molar-refractivity contribution in [2.24, 2.45) is 0 Å². The highest BCUT2D eigenvalue weighted by atomic mass is 35.5. The quantitative estimate of drug-likeness (QED) is 0.864. The highest BCUT2D eigenvalue weighted by Crippen LogP contribution is 2.29. The smallest absolute Gasteiger partial charge is 0.340 e. The van der Waals surface area contributed by atoms with E-state index in [1.165, 1.54) is 24.2 Å². The van der Waals surface area contributed by atoms with Crippen LogP contribution in [0.5, 0.6) is 0 Å². The maximum atomic E-state index is 12.4. The zero-order valence-electron chi connectivity index (χ0n) is 10.9. The molecule has 2 aromatic heterocycles. The lowest BCUT2D eigenvalue weighted by Crippen LogP contribution is -2.27. The molecule has 6 nitrogen and oxygen atoms in total. The van der Waals surface area contributed by atoms with Crippen molar-refractivity contribution in [2.75, 3.05) is 11.9 Å². The van der Waals surface area contributed by atoms with Crippen LogP contribution in [0.3, 0.4) is 0 Å². The Bertz CT molecular complexity index is 733. The lowest BCUT2D eigenvalue weighted by atomic mass is 10.2. The molecule has 0 aliphatic heterocycles. The van der Waals surface area contributed by atoms with Crippen LogP contribution in [0, 0.1) is 6.92 Å². The Hall–Kier alpha value is -1.70. The van der Waals surface area contributed by atoms with E-state index in [2.05, 4.69) is 9.36 Å². The molecule has 0 saturated heterocycles. The highest BCUT2D eigenvalue weighted by molar-refractivity contribution is 7.11. The van der Waals surface area contributed by atoms with Gasteiger partial charge in [-0.05, 0) is 24.5 Å². The molecule has 2 heterocycles. The number of rotatable bonds is 3. The Kier molecular flexibility index (Phi) is 4.46. The number of hydrogen-bond acceptors (Lipinski definition) is 5. The van der Waals surface area contributed by atoms with Gasteiger partial charge in [0.05, 0.1) is 16.3 Å². The third-order valence-corrected chi connectivity index (χ3v) is 4.41. The number of carboxylic acids is 1. The van der Waals surface area contributed by atoms with Crippen molar-refractivity contribution in [3.8, 4) is 0 Å². The van der Waals surface area contributed by atoms with Gasteiger partial charge in [-0.3, -0.25) is 4.79 Å². The van der Waals surface area contributed by atoms with Crippen molar-refractivity contribution in [3.05, 3.63) is 39.3 Å². The molecule has 0 fully saturated rings. The molecule has 1 amide bonds. The Labute approximate surface area is 134 Å². The van der Waals surface area contributed by atoms with Gasteiger partial charge < -0.3 is 10.0 Å². The number of nitrogens with zero attached hydrogens (tertiary/aromatic N) is 3. The first-order chi connectivity index (χ1) is 9.82. The molecule has 0 radical (unpaired) electrons. The summed E-state index contributed by atoms with van der Waals surface area (Å²) in [6.07, 6.45) is 1.28. The van der Waals surface area contributed by atoms with E-state index in [0.29, 0.717) is 5.69 Å². The Morgan fingerprint density at radius 3 is 2.62 bits per heavy atom. The topological polar surface area (TPSA) is 83.4 Å². The van der Waals surface area contributed by atoms with Gasteiger partial charge in [-0.1, -0.05) is 23.2 Å². The van der Waals surface area contributed by atoms with E-state index in [1.807, 2.05) is 0 Å². The molecule has 1 N–H and O–H groups in total. The average molecular weight is 346 g/mol. The van der Waals surface area contributed by atoms with E-state index in [0.717, 1.165) is 11.5 Å². The molecule has 0 aliphatic rings. The predicted molar refractivity (Wildman–Crippen MR) is 80.8 cm³/mol. The predicted octanol–water partition coefficient (Wildman–Crippen LogP) is 3.13. The number of carbonyl (C=O) groups excluding carboxylic acids is 1. The summed E-state index contributed by atoms with van der Waals surface area (Å²) in [6.45, 7) is 1.57. The fraction of sp³-hybridized carbons (Fsp3) is 0.167. The zero-order valence-corrected chi connectivity index (χ0v) is 13.3.